The largest absolute Gasteiger partial charge is 0.384 e. The van der Waals surface area contributed by atoms with Gasteiger partial charge in [-0.1, -0.05) is 55.8 Å². The van der Waals surface area contributed by atoms with Gasteiger partial charge in [0.05, 0.1) is 10.0 Å². The highest BCUT2D eigenvalue weighted by atomic mass is 35.5. The number of rotatable bonds is 3. The molecule has 0 heterocycles. The Morgan fingerprint density at radius 1 is 1.24 bits per heavy atom. The number of hydrogen-bond donors (Lipinski definition) is 2. The van der Waals surface area contributed by atoms with Gasteiger partial charge in [-0.05, 0) is 17.5 Å². The number of nitrogens with one attached hydrogen (secondary N) is 1. The van der Waals surface area contributed by atoms with E-state index in [4.69, 9.17) is 28.3 Å². The molecule has 0 aromatic heterocycles. The minimum Gasteiger partial charge on any atom is -0.384 e. The summed E-state index contributed by atoms with van der Waals surface area (Å²) in [6, 6.07) is 2.81. The summed E-state index contributed by atoms with van der Waals surface area (Å²) in [5.74, 6) is 5.07. The van der Waals surface area contributed by atoms with Gasteiger partial charge < -0.3 is 5.11 Å². The normalized spacial score (nSPS) is 11.9. The second-order valence-corrected chi connectivity index (χ2v) is 8.13. The monoisotopic (exact) mass is 349 g/mol. The number of benzene rings is 1. The predicted octanol–water partition coefficient (Wildman–Crippen LogP) is 2.66. The summed E-state index contributed by atoms with van der Waals surface area (Å²) < 4.78 is 27.1. The zero-order valence-corrected chi connectivity index (χ0v) is 14.3. The van der Waals surface area contributed by atoms with Gasteiger partial charge in [0.1, 0.15) is 11.5 Å². The van der Waals surface area contributed by atoms with E-state index in [1.807, 2.05) is 20.8 Å². The molecule has 1 aromatic rings. The molecule has 0 radical (unpaired) electrons. The van der Waals surface area contributed by atoms with Crippen molar-refractivity contribution in [3.63, 3.8) is 0 Å². The molecule has 7 heteroatoms. The van der Waals surface area contributed by atoms with Crippen molar-refractivity contribution in [2.75, 3.05) is 13.2 Å². The van der Waals surface area contributed by atoms with E-state index in [0.29, 0.717) is 5.56 Å². The molecular formula is C14H17Cl2NO3S. The van der Waals surface area contributed by atoms with Crippen LogP contribution in [0.2, 0.25) is 10.0 Å². The Bertz CT molecular complexity index is 659. The average Bonchev–Trinajstić information content (AvgIpc) is 2.32. The van der Waals surface area contributed by atoms with Crippen molar-refractivity contribution in [3.8, 4) is 11.8 Å². The Hall–Kier alpha value is -0.770. The van der Waals surface area contributed by atoms with Crippen molar-refractivity contribution >= 4 is 33.2 Å². The van der Waals surface area contributed by atoms with Crippen molar-refractivity contribution in [2.45, 2.75) is 25.7 Å². The van der Waals surface area contributed by atoms with Crippen LogP contribution in [-0.2, 0) is 10.0 Å². The number of halogens is 2. The molecule has 0 aliphatic rings. The molecule has 0 saturated heterocycles. The molecule has 0 unspecified atom stereocenters. The van der Waals surface area contributed by atoms with E-state index in [-0.39, 0.29) is 33.5 Å². The van der Waals surface area contributed by atoms with Crippen LogP contribution in [0.1, 0.15) is 26.3 Å². The van der Waals surface area contributed by atoms with Crippen LogP contribution in [0.15, 0.2) is 17.0 Å². The van der Waals surface area contributed by atoms with Crippen LogP contribution >= 0.6 is 23.2 Å². The number of sulfonamides is 1. The second-order valence-electron chi connectivity index (χ2n) is 5.61. The van der Waals surface area contributed by atoms with E-state index in [1.54, 1.807) is 0 Å². The number of hydrogen-bond acceptors (Lipinski definition) is 3. The molecule has 4 nitrogen and oxygen atoms in total. The molecule has 0 aliphatic carbocycles. The van der Waals surface area contributed by atoms with Crippen molar-refractivity contribution in [1.82, 2.24) is 4.72 Å². The summed E-state index contributed by atoms with van der Waals surface area (Å²) in [6.07, 6.45) is 0. The van der Waals surface area contributed by atoms with Gasteiger partial charge in [0.15, 0.2) is 0 Å². The average molecular weight is 350 g/mol. The summed E-state index contributed by atoms with van der Waals surface area (Å²) in [5, 5.41) is 8.63. The smallest absolute Gasteiger partial charge is 0.243 e. The third kappa shape index (κ3) is 5.50. The molecule has 0 fully saturated rings. The number of aliphatic hydroxyl groups excluding tert-OH is 1. The van der Waals surface area contributed by atoms with Crippen LogP contribution in [0.3, 0.4) is 0 Å². The van der Waals surface area contributed by atoms with Gasteiger partial charge in [-0.3, -0.25) is 0 Å². The van der Waals surface area contributed by atoms with Gasteiger partial charge in [-0.25, -0.2) is 13.1 Å². The standard InChI is InChI=1S/C14H17Cl2NO3S/c1-14(2,3)9-17-21(19,20)13-11(15)7-10(5-4-6-18)8-12(13)16/h7-8,17-18H,6,9H2,1-3H3. The van der Waals surface area contributed by atoms with Gasteiger partial charge in [-0.15, -0.1) is 0 Å². The Labute approximate surface area is 135 Å². The van der Waals surface area contributed by atoms with E-state index in [0.717, 1.165) is 0 Å². The van der Waals surface area contributed by atoms with Gasteiger partial charge in [0, 0.05) is 12.1 Å². The first-order valence-corrected chi connectivity index (χ1v) is 8.39. The van der Waals surface area contributed by atoms with Crippen molar-refractivity contribution in [2.24, 2.45) is 5.41 Å². The second kappa shape index (κ2) is 6.99. The zero-order chi connectivity index (χ0) is 16.3. The summed E-state index contributed by atoms with van der Waals surface area (Å²) in [4.78, 5) is -0.162. The van der Waals surface area contributed by atoms with Crippen molar-refractivity contribution in [3.05, 3.63) is 27.7 Å². The summed E-state index contributed by atoms with van der Waals surface area (Å²) in [7, 11) is -3.80. The first-order chi connectivity index (χ1) is 9.57. The molecule has 0 atom stereocenters. The first-order valence-electron chi connectivity index (χ1n) is 6.15. The molecule has 2 N–H and O–H groups in total. The Balaban J connectivity index is 3.19. The summed E-state index contributed by atoms with van der Waals surface area (Å²) in [6.45, 7) is 5.68. The highest BCUT2D eigenvalue weighted by Gasteiger charge is 2.24. The summed E-state index contributed by atoms with van der Waals surface area (Å²) >= 11 is 12.0. The molecule has 0 aliphatic heterocycles. The van der Waals surface area contributed by atoms with Crippen LogP contribution in [0, 0.1) is 17.3 Å². The molecular weight excluding hydrogens is 333 g/mol. The zero-order valence-electron chi connectivity index (χ0n) is 12.0. The lowest BCUT2D eigenvalue weighted by molar-refractivity contribution is 0.350. The topological polar surface area (TPSA) is 66.4 Å². The Morgan fingerprint density at radius 3 is 2.19 bits per heavy atom. The van der Waals surface area contributed by atoms with Crippen LogP contribution in [0.25, 0.3) is 0 Å². The van der Waals surface area contributed by atoms with Crippen LogP contribution in [0.5, 0.6) is 0 Å². The third-order valence-electron chi connectivity index (χ3n) is 2.37. The van der Waals surface area contributed by atoms with Crippen LogP contribution in [-0.4, -0.2) is 26.7 Å². The lowest BCUT2D eigenvalue weighted by atomic mass is 9.98. The maximum atomic E-state index is 12.3. The molecule has 0 bridgehead atoms. The first kappa shape index (κ1) is 18.3. The minimum atomic E-state index is -3.80. The van der Waals surface area contributed by atoms with Crippen molar-refractivity contribution < 1.29 is 13.5 Å². The van der Waals surface area contributed by atoms with E-state index in [2.05, 4.69) is 16.6 Å². The molecule has 0 amide bonds. The van der Waals surface area contributed by atoms with E-state index < -0.39 is 10.0 Å². The fraction of sp³-hybridized carbons (Fsp3) is 0.429. The predicted molar refractivity (Wildman–Crippen MR) is 85.1 cm³/mol. The van der Waals surface area contributed by atoms with Crippen LogP contribution in [0.4, 0.5) is 0 Å². The maximum Gasteiger partial charge on any atom is 0.243 e. The molecule has 0 saturated carbocycles. The van der Waals surface area contributed by atoms with E-state index >= 15 is 0 Å². The quantitative estimate of drug-likeness (QED) is 0.824. The highest BCUT2D eigenvalue weighted by molar-refractivity contribution is 7.89. The Morgan fingerprint density at radius 2 is 1.76 bits per heavy atom. The van der Waals surface area contributed by atoms with Crippen LogP contribution < -0.4 is 4.72 Å². The Kier molecular flexibility index (Phi) is 6.09. The molecule has 1 aromatic carbocycles. The summed E-state index contributed by atoms with van der Waals surface area (Å²) in [5.41, 5.74) is 0.229. The lowest BCUT2D eigenvalue weighted by Crippen LogP contribution is -2.32. The van der Waals surface area contributed by atoms with Gasteiger partial charge in [-0.2, -0.15) is 0 Å². The fourth-order valence-corrected chi connectivity index (χ4v) is 3.91. The van der Waals surface area contributed by atoms with Gasteiger partial charge in [0.25, 0.3) is 0 Å². The van der Waals surface area contributed by atoms with Gasteiger partial charge in [0.2, 0.25) is 10.0 Å². The van der Waals surface area contributed by atoms with E-state index in [1.165, 1.54) is 12.1 Å². The molecule has 1 rings (SSSR count). The third-order valence-corrected chi connectivity index (χ3v) is 4.69. The van der Waals surface area contributed by atoms with Gasteiger partial charge >= 0.3 is 0 Å². The highest BCUT2D eigenvalue weighted by Crippen LogP contribution is 2.31. The SMILES string of the molecule is CC(C)(C)CNS(=O)(=O)c1c(Cl)cc(C#CCO)cc1Cl. The minimum absolute atomic E-state index is 0.00820. The fourth-order valence-electron chi connectivity index (χ4n) is 1.41. The maximum absolute atomic E-state index is 12.3. The molecule has 21 heavy (non-hydrogen) atoms. The molecule has 0 spiro atoms. The molecule has 116 valence electrons. The number of aliphatic hydroxyl groups is 1. The van der Waals surface area contributed by atoms with Crippen molar-refractivity contribution in [1.29, 1.82) is 0 Å². The lowest BCUT2D eigenvalue weighted by Gasteiger charge is -2.19. The van der Waals surface area contributed by atoms with E-state index in [9.17, 15) is 8.42 Å².